The van der Waals surface area contributed by atoms with Crippen LogP contribution in [0.3, 0.4) is 0 Å². The van der Waals surface area contributed by atoms with Crippen molar-refractivity contribution in [3.8, 4) is 33.6 Å². The Bertz CT molecular complexity index is 2880. The van der Waals surface area contributed by atoms with Gasteiger partial charge in [-0.25, -0.2) is 0 Å². The maximum absolute atomic E-state index is 7.03. The van der Waals surface area contributed by atoms with E-state index in [0.29, 0.717) is 0 Å². The molecule has 0 unspecified atom stereocenters. The maximum atomic E-state index is 7.03. The predicted octanol–water partition coefficient (Wildman–Crippen LogP) is 14.4. The molecule has 2 nitrogen and oxygen atoms in total. The van der Waals surface area contributed by atoms with Crippen LogP contribution >= 0.6 is 0 Å². The first-order valence-electron chi connectivity index (χ1n) is 17.8. The lowest BCUT2D eigenvalue weighted by atomic mass is 9.92. The minimum absolute atomic E-state index is 0.873. The highest BCUT2D eigenvalue weighted by molar-refractivity contribution is 6.28. The van der Waals surface area contributed by atoms with Crippen molar-refractivity contribution < 1.29 is 4.42 Å². The predicted molar refractivity (Wildman–Crippen MR) is 220 cm³/mol. The molecule has 0 spiro atoms. The molecule has 0 radical (unpaired) electrons. The minimum atomic E-state index is 0.873. The molecule has 1 heterocycles. The van der Waals surface area contributed by atoms with E-state index < -0.39 is 0 Å². The van der Waals surface area contributed by atoms with E-state index in [-0.39, 0.29) is 0 Å². The topological polar surface area (TPSA) is 16.4 Å². The molecule has 0 saturated heterocycles. The first-order chi connectivity index (χ1) is 25.8. The van der Waals surface area contributed by atoms with E-state index >= 15 is 0 Å². The third kappa shape index (κ3) is 4.96. The second-order valence-electron chi connectivity index (χ2n) is 13.3. The van der Waals surface area contributed by atoms with Crippen LogP contribution in [0.25, 0.3) is 76.9 Å². The van der Waals surface area contributed by atoms with Crippen molar-refractivity contribution in [2.45, 2.75) is 0 Å². The minimum Gasteiger partial charge on any atom is -0.455 e. The average Bonchev–Trinajstić information content (AvgIpc) is 3.64. The summed E-state index contributed by atoms with van der Waals surface area (Å²) in [5.41, 5.74) is 9.83. The summed E-state index contributed by atoms with van der Waals surface area (Å²) < 4.78 is 7.03. The van der Waals surface area contributed by atoms with Crippen LogP contribution in [0.2, 0.25) is 0 Å². The molecule has 0 saturated carbocycles. The molecular formula is C50H33NO. The number of anilines is 3. The van der Waals surface area contributed by atoms with Crippen molar-refractivity contribution in [1.82, 2.24) is 0 Å². The third-order valence-corrected chi connectivity index (χ3v) is 10.2. The van der Waals surface area contributed by atoms with E-state index in [2.05, 4.69) is 205 Å². The summed E-state index contributed by atoms with van der Waals surface area (Å²) in [4.78, 5) is 2.39. The molecule has 10 aromatic rings. The number of hydrogen-bond acceptors (Lipinski definition) is 2. The average molecular weight is 664 g/mol. The van der Waals surface area contributed by atoms with Gasteiger partial charge in [0.1, 0.15) is 11.3 Å². The Labute approximate surface area is 302 Å². The summed E-state index contributed by atoms with van der Waals surface area (Å²) in [6.07, 6.45) is 0. The van der Waals surface area contributed by atoms with Crippen LogP contribution in [-0.2, 0) is 0 Å². The summed E-state index contributed by atoms with van der Waals surface area (Å²) in [5, 5.41) is 8.25. The van der Waals surface area contributed by atoms with Gasteiger partial charge < -0.3 is 9.32 Å². The molecule has 0 aliphatic carbocycles. The fourth-order valence-electron chi connectivity index (χ4n) is 7.86. The Morgan fingerprint density at radius 1 is 0.346 bits per heavy atom. The standard InChI is InChI=1S/C50H33NO/c1-3-15-34(16-4-1)35-29-31-39(32-30-35)51(46-28-14-20-36-17-7-8-23-41(36)46)40-22-13-21-38(33-40)47-48-44-26-11-9-24-42(44)43-25-10-12-27-45(43)50(48)52-49(47)37-18-5-2-6-19-37/h1-33H. The van der Waals surface area contributed by atoms with Crippen molar-refractivity contribution in [2.75, 3.05) is 4.90 Å². The van der Waals surface area contributed by atoms with Gasteiger partial charge in [0, 0.05) is 38.7 Å². The maximum Gasteiger partial charge on any atom is 0.143 e. The Kier molecular flexibility index (Phi) is 7.18. The van der Waals surface area contributed by atoms with Crippen molar-refractivity contribution in [2.24, 2.45) is 0 Å². The van der Waals surface area contributed by atoms with E-state index in [0.717, 1.165) is 55.9 Å². The molecule has 244 valence electrons. The normalized spacial score (nSPS) is 11.5. The van der Waals surface area contributed by atoms with Crippen LogP contribution in [0.1, 0.15) is 0 Å². The molecule has 2 heteroatoms. The smallest absolute Gasteiger partial charge is 0.143 e. The van der Waals surface area contributed by atoms with Gasteiger partial charge in [-0.05, 0) is 68.6 Å². The molecule has 9 aromatic carbocycles. The zero-order valence-electron chi connectivity index (χ0n) is 28.4. The van der Waals surface area contributed by atoms with Crippen molar-refractivity contribution in [3.63, 3.8) is 0 Å². The Hall–Kier alpha value is -6.90. The molecule has 0 N–H and O–H groups in total. The summed E-state index contributed by atoms with van der Waals surface area (Å²) >= 11 is 0. The molecule has 0 fully saturated rings. The second kappa shape index (κ2) is 12.5. The van der Waals surface area contributed by atoms with Gasteiger partial charge in [0.05, 0.1) is 5.69 Å². The second-order valence-corrected chi connectivity index (χ2v) is 13.3. The Morgan fingerprint density at radius 2 is 0.885 bits per heavy atom. The van der Waals surface area contributed by atoms with E-state index in [4.69, 9.17) is 4.42 Å². The number of nitrogens with zero attached hydrogens (tertiary/aromatic N) is 1. The summed E-state index contributed by atoms with van der Waals surface area (Å²) in [7, 11) is 0. The monoisotopic (exact) mass is 663 g/mol. The lowest BCUT2D eigenvalue weighted by molar-refractivity contribution is 0.636. The highest BCUT2D eigenvalue weighted by atomic mass is 16.3. The highest BCUT2D eigenvalue weighted by Crippen LogP contribution is 2.48. The van der Waals surface area contributed by atoms with Gasteiger partial charge >= 0.3 is 0 Å². The van der Waals surface area contributed by atoms with Crippen LogP contribution in [0.4, 0.5) is 17.1 Å². The number of furan rings is 1. The molecule has 52 heavy (non-hydrogen) atoms. The third-order valence-electron chi connectivity index (χ3n) is 10.2. The molecule has 0 bridgehead atoms. The summed E-state index contributed by atoms with van der Waals surface area (Å²) in [5.74, 6) is 0.873. The van der Waals surface area contributed by atoms with E-state index in [1.165, 1.54) is 38.1 Å². The van der Waals surface area contributed by atoms with E-state index in [1.54, 1.807) is 0 Å². The molecule has 0 aliphatic heterocycles. The van der Waals surface area contributed by atoms with Gasteiger partial charge in [0.25, 0.3) is 0 Å². The summed E-state index contributed by atoms with van der Waals surface area (Å²) in [6, 6.07) is 71.5. The number of hydrogen-bond donors (Lipinski definition) is 0. The molecule has 0 amide bonds. The van der Waals surface area contributed by atoms with Crippen molar-refractivity contribution in [3.05, 3.63) is 200 Å². The zero-order chi connectivity index (χ0) is 34.4. The molecular weight excluding hydrogens is 631 g/mol. The first-order valence-corrected chi connectivity index (χ1v) is 17.8. The SMILES string of the molecule is c1ccc(-c2ccc(N(c3cccc(-c4c(-c5ccccc5)oc5c6ccccc6c6ccccc6c45)c3)c3cccc4ccccc34)cc2)cc1. The Balaban J connectivity index is 1.24. The van der Waals surface area contributed by atoms with Crippen LogP contribution < -0.4 is 4.90 Å². The van der Waals surface area contributed by atoms with Gasteiger partial charge in [-0.3, -0.25) is 0 Å². The summed E-state index contributed by atoms with van der Waals surface area (Å²) in [6.45, 7) is 0. The quantitative estimate of drug-likeness (QED) is 0.165. The lowest BCUT2D eigenvalue weighted by Crippen LogP contribution is -2.10. The fourth-order valence-corrected chi connectivity index (χ4v) is 7.86. The number of fused-ring (bicyclic) bond motifs is 7. The van der Waals surface area contributed by atoms with E-state index in [9.17, 15) is 0 Å². The van der Waals surface area contributed by atoms with Gasteiger partial charge in [-0.1, -0.05) is 170 Å². The van der Waals surface area contributed by atoms with Crippen LogP contribution in [-0.4, -0.2) is 0 Å². The van der Waals surface area contributed by atoms with Gasteiger partial charge in [-0.2, -0.15) is 0 Å². The molecule has 0 atom stereocenters. The zero-order valence-corrected chi connectivity index (χ0v) is 28.4. The first kappa shape index (κ1) is 30.0. The van der Waals surface area contributed by atoms with Gasteiger partial charge in [-0.15, -0.1) is 0 Å². The number of benzene rings is 9. The van der Waals surface area contributed by atoms with Crippen LogP contribution in [0.5, 0.6) is 0 Å². The van der Waals surface area contributed by atoms with Crippen LogP contribution in [0.15, 0.2) is 205 Å². The lowest BCUT2D eigenvalue weighted by Gasteiger charge is -2.27. The molecule has 10 rings (SSSR count). The molecule has 1 aromatic heterocycles. The molecule has 0 aliphatic rings. The van der Waals surface area contributed by atoms with Crippen molar-refractivity contribution >= 4 is 60.3 Å². The highest BCUT2D eigenvalue weighted by Gasteiger charge is 2.24. The van der Waals surface area contributed by atoms with E-state index in [1.807, 2.05) is 0 Å². The largest absolute Gasteiger partial charge is 0.455 e. The number of rotatable bonds is 6. The Morgan fingerprint density at radius 3 is 1.63 bits per heavy atom. The van der Waals surface area contributed by atoms with Gasteiger partial charge in [0.2, 0.25) is 0 Å². The van der Waals surface area contributed by atoms with Crippen LogP contribution in [0, 0.1) is 0 Å². The fraction of sp³-hybridized carbons (Fsp3) is 0. The van der Waals surface area contributed by atoms with Gasteiger partial charge in [0.15, 0.2) is 0 Å². The van der Waals surface area contributed by atoms with Crippen molar-refractivity contribution in [1.29, 1.82) is 0 Å².